The second kappa shape index (κ2) is 7.08. The molecule has 1 N–H and O–H groups in total. The van der Waals surface area contributed by atoms with Gasteiger partial charge in [0.25, 0.3) is 0 Å². The fraction of sp³-hybridized carbons (Fsp3) is 0.111. The smallest absolute Gasteiger partial charge is 0.339 e. The second-order valence-electron chi connectivity index (χ2n) is 5.35. The number of carboxylic acids is 1. The number of carbonyl (C=O) groups is 1. The van der Waals surface area contributed by atoms with Crippen LogP contribution in [0.1, 0.15) is 23.0 Å². The number of hydrogen-bond donors (Lipinski definition) is 1. The Kier molecular flexibility index (Phi) is 5.04. The predicted molar refractivity (Wildman–Crippen MR) is 100 cm³/mol. The Balaban J connectivity index is 2.26. The zero-order valence-electron chi connectivity index (χ0n) is 13.1. The lowest BCUT2D eigenvalue weighted by Crippen LogP contribution is -2.05. The number of aromatic carboxylic acids is 1. The Morgan fingerprint density at radius 3 is 2.32 bits per heavy atom. The molecule has 0 fully saturated rings. The van der Waals surface area contributed by atoms with Crippen molar-refractivity contribution >= 4 is 40.8 Å². The van der Waals surface area contributed by atoms with Gasteiger partial charge in [0.2, 0.25) is 0 Å². The lowest BCUT2D eigenvalue weighted by Gasteiger charge is -2.06. The highest BCUT2D eigenvalue weighted by Gasteiger charge is 2.24. The van der Waals surface area contributed by atoms with Gasteiger partial charge in [-0.1, -0.05) is 47.8 Å². The van der Waals surface area contributed by atoms with Gasteiger partial charge in [0.1, 0.15) is 11.3 Å². The molecule has 2 aromatic carbocycles. The third kappa shape index (κ3) is 3.38. The van der Waals surface area contributed by atoms with E-state index in [4.69, 9.17) is 34.8 Å². The molecule has 128 valence electrons. The number of aromatic nitrogens is 2. The molecule has 0 radical (unpaired) electrons. The Labute approximate surface area is 159 Å². The lowest BCUT2D eigenvalue weighted by molar-refractivity contribution is 0.0696. The number of carboxylic acid groups (broad SMARTS) is 1. The molecule has 0 saturated heterocycles. The maximum absolute atomic E-state index is 11.9. The summed E-state index contributed by atoms with van der Waals surface area (Å²) >= 11 is 18.0. The van der Waals surface area contributed by atoms with Crippen molar-refractivity contribution in [1.82, 2.24) is 9.78 Å². The normalized spacial score (nSPS) is 10.9. The summed E-state index contributed by atoms with van der Waals surface area (Å²) in [6.07, 6.45) is 0.499. The van der Waals surface area contributed by atoms with Crippen molar-refractivity contribution in [3.8, 4) is 16.9 Å². The summed E-state index contributed by atoms with van der Waals surface area (Å²) < 4.78 is 1.62. The van der Waals surface area contributed by atoms with E-state index >= 15 is 0 Å². The van der Waals surface area contributed by atoms with Crippen molar-refractivity contribution in [1.29, 1.82) is 0 Å². The van der Waals surface area contributed by atoms with Gasteiger partial charge in [-0.3, -0.25) is 0 Å². The monoisotopic (exact) mass is 394 g/mol. The van der Waals surface area contributed by atoms with E-state index in [1.54, 1.807) is 47.1 Å². The fourth-order valence-electron chi connectivity index (χ4n) is 2.65. The van der Waals surface area contributed by atoms with Crippen LogP contribution in [0.15, 0.2) is 42.5 Å². The summed E-state index contributed by atoms with van der Waals surface area (Å²) in [5, 5.41) is 15.6. The number of rotatable bonds is 4. The SMILES string of the molecule is CCc1c(C(=O)O)c(-c2ccc(Cl)c(Cl)c2)nn1-c1ccc(Cl)cc1. The maximum atomic E-state index is 11.9. The van der Waals surface area contributed by atoms with Gasteiger partial charge in [-0.25, -0.2) is 9.48 Å². The molecule has 0 atom stereocenters. The minimum Gasteiger partial charge on any atom is -0.478 e. The number of benzene rings is 2. The zero-order chi connectivity index (χ0) is 18.1. The fourth-order valence-corrected chi connectivity index (χ4v) is 3.07. The number of hydrogen-bond acceptors (Lipinski definition) is 2. The van der Waals surface area contributed by atoms with Crippen LogP contribution in [0.25, 0.3) is 16.9 Å². The molecule has 0 bridgehead atoms. The maximum Gasteiger partial charge on any atom is 0.339 e. The van der Waals surface area contributed by atoms with E-state index in [-0.39, 0.29) is 5.56 Å². The van der Waals surface area contributed by atoms with Crippen molar-refractivity contribution < 1.29 is 9.90 Å². The first-order chi connectivity index (χ1) is 11.9. The number of nitrogens with zero attached hydrogens (tertiary/aromatic N) is 2. The summed E-state index contributed by atoms with van der Waals surface area (Å²) in [5.74, 6) is -1.04. The molecule has 3 aromatic rings. The van der Waals surface area contributed by atoms with Crippen LogP contribution in [0.3, 0.4) is 0 Å². The van der Waals surface area contributed by atoms with Crippen LogP contribution >= 0.6 is 34.8 Å². The average Bonchev–Trinajstić information content (AvgIpc) is 2.97. The summed E-state index contributed by atoms with van der Waals surface area (Å²) in [4.78, 5) is 11.9. The first-order valence-corrected chi connectivity index (χ1v) is 8.62. The molecule has 0 saturated carbocycles. The van der Waals surface area contributed by atoms with E-state index in [1.807, 2.05) is 6.92 Å². The molecule has 0 spiro atoms. The van der Waals surface area contributed by atoms with Gasteiger partial charge >= 0.3 is 5.97 Å². The summed E-state index contributed by atoms with van der Waals surface area (Å²) in [7, 11) is 0. The van der Waals surface area contributed by atoms with Gasteiger partial charge in [0, 0.05) is 10.6 Å². The van der Waals surface area contributed by atoms with E-state index in [2.05, 4.69) is 5.10 Å². The zero-order valence-corrected chi connectivity index (χ0v) is 15.4. The highest BCUT2D eigenvalue weighted by Crippen LogP contribution is 2.32. The van der Waals surface area contributed by atoms with Gasteiger partial charge in [-0.05, 0) is 42.8 Å². The minimum absolute atomic E-state index is 0.149. The highest BCUT2D eigenvalue weighted by molar-refractivity contribution is 6.42. The van der Waals surface area contributed by atoms with Gasteiger partial charge in [0.05, 0.1) is 21.4 Å². The van der Waals surface area contributed by atoms with Crippen molar-refractivity contribution in [3.63, 3.8) is 0 Å². The lowest BCUT2D eigenvalue weighted by atomic mass is 10.0. The molecule has 3 rings (SSSR count). The molecule has 7 heteroatoms. The van der Waals surface area contributed by atoms with Crippen LogP contribution in [0.2, 0.25) is 15.1 Å². The Morgan fingerprint density at radius 2 is 1.76 bits per heavy atom. The molecule has 0 aliphatic carbocycles. The van der Waals surface area contributed by atoms with E-state index < -0.39 is 5.97 Å². The second-order valence-corrected chi connectivity index (χ2v) is 6.60. The van der Waals surface area contributed by atoms with Crippen LogP contribution in [0, 0.1) is 0 Å². The van der Waals surface area contributed by atoms with Crippen LogP contribution in [-0.2, 0) is 6.42 Å². The average molecular weight is 396 g/mol. The van der Waals surface area contributed by atoms with E-state index in [0.29, 0.717) is 38.4 Å². The van der Waals surface area contributed by atoms with E-state index in [1.165, 1.54) is 0 Å². The molecular formula is C18H13Cl3N2O2. The van der Waals surface area contributed by atoms with Gasteiger partial charge in [0.15, 0.2) is 0 Å². The van der Waals surface area contributed by atoms with Crippen molar-refractivity contribution in [2.24, 2.45) is 0 Å². The van der Waals surface area contributed by atoms with Crippen LogP contribution in [0.5, 0.6) is 0 Å². The first-order valence-electron chi connectivity index (χ1n) is 7.49. The van der Waals surface area contributed by atoms with E-state index in [0.717, 1.165) is 5.69 Å². The van der Waals surface area contributed by atoms with Gasteiger partial charge < -0.3 is 5.11 Å². The third-order valence-electron chi connectivity index (χ3n) is 3.79. The van der Waals surface area contributed by atoms with Crippen LogP contribution in [0.4, 0.5) is 0 Å². The van der Waals surface area contributed by atoms with Crippen molar-refractivity contribution in [2.45, 2.75) is 13.3 Å². The molecule has 0 aliphatic heterocycles. The molecule has 1 aromatic heterocycles. The Hall–Kier alpha value is -2.01. The summed E-state index contributed by atoms with van der Waals surface area (Å²) in [6.45, 7) is 1.88. The minimum atomic E-state index is -1.04. The summed E-state index contributed by atoms with van der Waals surface area (Å²) in [5.41, 5.74) is 2.41. The third-order valence-corrected chi connectivity index (χ3v) is 4.79. The number of halogens is 3. The first kappa shape index (κ1) is 17.8. The molecule has 0 aliphatic rings. The van der Waals surface area contributed by atoms with Crippen molar-refractivity contribution in [2.75, 3.05) is 0 Å². The topological polar surface area (TPSA) is 55.1 Å². The van der Waals surface area contributed by atoms with Crippen LogP contribution < -0.4 is 0 Å². The Bertz CT molecular complexity index is 950. The predicted octanol–water partition coefficient (Wildman–Crippen LogP) is 5.76. The molecular weight excluding hydrogens is 383 g/mol. The van der Waals surface area contributed by atoms with Gasteiger partial charge in [-0.2, -0.15) is 5.10 Å². The molecule has 25 heavy (non-hydrogen) atoms. The Morgan fingerprint density at radius 1 is 1.08 bits per heavy atom. The summed E-state index contributed by atoms with van der Waals surface area (Å²) in [6, 6.07) is 12.0. The molecule has 4 nitrogen and oxygen atoms in total. The van der Waals surface area contributed by atoms with E-state index in [9.17, 15) is 9.90 Å². The quantitative estimate of drug-likeness (QED) is 0.611. The highest BCUT2D eigenvalue weighted by atomic mass is 35.5. The van der Waals surface area contributed by atoms with Gasteiger partial charge in [-0.15, -0.1) is 0 Å². The largest absolute Gasteiger partial charge is 0.478 e. The standard InChI is InChI=1S/C18H13Cl3N2O2/c1-2-15-16(18(24)25)17(10-3-8-13(20)14(21)9-10)22-23(15)12-6-4-11(19)5-7-12/h3-9H,2H2,1H3,(H,24,25). The molecule has 0 amide bonds. The van der Waals surface area contributed by atoms with Crippen LogP contribution in [-0.4, -0.2) is 20.9 Å². The molecule has 1 heterocycles. The van der Waals surface area contributed by atoms with Crippen molar-refractivity contribution in [3.05, 3.63) is 68.8 Å². The molecule has 0 unspecified atom stereocenters.